The summed E-state index contributed by atoms with van der Waals surface area (Å²) in [4.78, 5) is 16.4. The fourth-order valence-electron chi connectivity index (χ4n) is 2.57. The van der Waals surface area contributed by atoms with Gasteiger partial charge in [0, 0.05) is 12.2 Å². The van der Waals surface area contributed by atoms with Gasteiger partial charge in [-0.1, -0.05) is 41.9 Å². The molecule has 0 atom stereocenters. The number of hydrogen-bond acceptors (Lipinski definition) is 4. The highest BCUT2D eigenvalue weighted by Gasteiger charge is 2.07. The van der Waals surface area contributed by atoms with Gasteiger partial charge in [0.05, 0.1) is 24.0 Å². The Hall–Kier alpha value is -3.05. The molecule has 1 amide bonds. The molecule has 2 N–H and O–H groups in total. The van der Waals surface area contributed by atoms with Gasteiger partial charge in [0.2, 0.25) is 0 Å². The number of pyridine rings is 1. The number of amides is 1. The molecular weight excluding hydrogens is 362 g/mol. The Bertz CT molecular complexity index is 899. The molecule has 3 rings (SSSR count). The molecular formula is C21H20ClN3O2. The summed E-state index contributed by atoms with van der Waals surface area (Å²) in [5.74, 6) is 0.424. The fraction of sp³-hybridized carbons (Fsp3) is 0.143. The van der Waals surface area contributed by atoms with Crippen molar-refractivity contribution in [1.29, 1.82) is 0 Å². The van der Waals surface area contributed by atoms with Gasteiger partial charge < -0.3 is 15.4 Å². The molecule has 0 aliphatic heterocycles. The minimum absolute atomic E-state index is 0.190. The number of carbonyl (C=O) groups excluding carboxylic acids is 1. The maximum atomic E-state index is 12.2. The summed E-state index contributed by atoms with van der Waals surface area (Å²) < 4.78 is 5.14. The predicted octanol–water partition coefficient (Wildman–Crippen LogP) is 4.46. The van der Waals surface area contributed by atoms with Crippen LogP contribution in [0, 0.1) is 0 Å². The molecule has 138 valence electrons. The van der Waals surface area contributed by atoms with E-state index >= 15 is 0 Å². The number of nitrogens with zero attached hydrogens (tertiary/aromatic N) is 1. The second-order valence-corrected chi connectivity index (χ2v) is 6.31. The summed E-state index contributed by atoms with van der Waals surface area (Å²) in [6, 6.07) is 18.9. The Kier molecular flexibility index (Phi) is 6.28. The maximum absolute atomic E-state index is 12.2. The summed E-state index contributed by atoms with van der Waals surface area (Å²) in [5.41, 5.74) is 3.13. The lowest BCUT2D eigenvalue weighted by molar-refractivity contribution is 0.0949. The molecule has 2 aromatic carbocycles. The number of ether oxygens (including phenoxy) is 1. The van der Waals surface area contributed by atoms with Crippen LogP contribution in [-0.4, -0.2) is 24.5 Å². The first kappa shape index (κ1) is 18.7. The van der Waals surface area contributed by atoms with Crippen LogP contribution in [0.3, 0.4) is 0 Å². The van der Waals surface area contributed by atoms with Crippen LogP contribution in [-0.2, 0) is 6.42 Å². The summed E-state index contributed by atoms with van der Waals surface area (Å²) in [6.07, 6.45) is 2.40. The molecule has 0 bridgehead atoms. The quantitative estimate of drug-likeness (QED) is 0.634. The Morgan fingerprint density at radius 2 is 1.85 bits per heavy atom. The lowest BCUT2D eigenvalue weighted by Gasteiger charge is -2.09. The van der Waals surface area contributed by atoms with Crippen molar-refractivity contribution in [2.75, 3.05) is 19.0 Å². The van der Waals surface area contributed by atoms with E-state index in [1.54, 1.807) is 37.6 Å². The van der Waals surface area contributed by atoms with Crippen LogP contribution in [0.5, 0.6) is 5.75 Å². The largest absolute Gasteiger partial charge is 0.495 e. The molecule has 0 fully saturated rings. The SMILES string of the molecule is COc1ccc(Nc2ccc(C(=O)NCCc3ccccc3)nc2)cc1Cl. The van der Waals surface area contributed by atoms with Gasteiger partial charge in [-0.05, 0) is 42.3 Å². The molecule has 0 aliphatic rings. The van der Waals surface area contributed by atoms with Crippen molar-refractivity contribution in [3.63, 3.8) is 0 Å². The van der Waals surface area contributed by atoms with Gasteiger partial charge in [-0.25, -0.2) is 4.98 Å². The number of hydrogen-bond donors (Lipinski definition) is 2. The van der Waals surface area contributed by atoms with E-state index in [2.05, 4.69) is 15.6 Å². The Labute approximate surface area is 163 Å². The molecule has 5 nitrogen and oxygen atoms in total. The van der Waals surface area contributed by atoms with Crippen molar-refractivity contribution in [3.8, 4) is 5.75 Å². The third-order valence-electron chi connectivity index (χ3n) is 3.98. The summed E-state index contributed by atoms with van der Waals surface area (Å²) in [6.45, 7) is 0.564. The lowest BCUT2D eigenvalue weighted by atomic mass is 10.1. The lowest BCUT2D eigenvalue weighted by Crippen LogP contribution is -2.26. The summed E-state index contributed by atoms with van der Waals surface area (Å²) in [7, 11) is 1.57. The highest BCUT2D eigenvalue weighted by atomic mass is 35.5. The van der Waals surface area contributed by atoms with Crippen LogP contribution in [0.4, 0.5) is 11.4 Å². The van der Waals surface area contributed by atoms with Crippen LogP contribution in [0.1, 0.15) is 16.1 Å². The van der Waals surface area contributed by atoms with E-state index in [1.165, 1.54) is 5.56 Å². The van der Waals surface area contributed by atoms with Gasteiger partial charge in [-0.15, -0.1) is 0 Å². The molecule has 0 aliphatic carbocycles. The minimum atomic E-state index is -0.190. The summed E-state index contributed by atoms with van der Waals surface area (Å²) >= 11 is 6.12. The fourth-order valence-corrected chi connectivity index (χ4v) is 2.83. The minimum Gasteiger partial charge on any atom is -0.495 e. The van der Waals surface area contributed by atoms with Crippen LogP contribution < -0.4 is 15.4 Å². The highest BCUT2D eigenvalue weighted by Crippen LogP contribution is 2.28. The third kappa shape index (κ3) is 5.21. The van der Waals surface area contributed by atoms with E-state index < -0.39 is 0 Å². The number of anilines is 2. The average Bonchev–Trinajstić information content (AvgIpc) is 2.69. The van der Waals surface area contributed by atoms with E-state index in [4.69, 9.17) is 16.3 Å². The molecule has 1 aromatic heterocycles. The summed E-state index contributed by atoms with van der Waals surface area (Å²) in [5, 5.41) is 6.59. The molecule has 1 heterocycles. The molecule has 27 heavy (non-hydrogen) atoms. The molecule has 0 unspecified atom stereocenters. The standard InChI is InChI=1S/C21H20ClN3O2/c1-27-20-10-8-16(13-18(20)22)25-17-7-9-19(24-14-17)21(26)23-12-11-15-5-3-2-4-6-15/h2-10,13-14,25H,11-12H2,1H3,(H,23,26). The van der Waals surface area contributed by atoms with Crippen LogP contribution in [0.2, 0.25) is 5.02 Å². The van der Waals surface area contributed by atoms with E-state index in [0.29, 0.717) is 23.0 Å². The van der Waals surface area contributed by atoms with Crippen molar-refractivity contribution < 1.29 is 9.53 Å². The first-order valence-corrected chi connectivity index (χ1v) is 8.92. The van der Waals surface area contributed by atoms with E-state index in [-0.39, 0.29) is 5.91 Å². The highest BCUT2D eigenvalue weighted by molar-refractivity contribution is 6.32. The number of benzene rings is 2. The van der Waals surface area contributed by atoms with E-state index in [0.717, 1.165) is 17.8 Å². The molecule has 3 aromatic rings. The molecule has 0 radical (unpaired) electrons. The second-order valence-electron chi connectivity index (χ2n) is 5.90. The molecule has 6 heteroatoms. The van der Waals surface area contributed by atoms with E-state index in [1.807, 2.05) is 36.4 Å². The van der Waals surface area contributed by atoms with Crippen LogP contribution in [0.25, 0.3) is 0 Å². The predicted molar refractivity (Wildman–Crippen MR) is 108 cm³/mol. The van der Waals surface area contributed by atoms with Gasteiger partial charge >= 0.3 is 0 Å². The normalized spacial score (nSPS) is 10.3. The zero-order valence-electron chi connectivity index (χ0n) is 14.9. The number of carbonyl (C=O) groups is 1. The topological polar surface area (TPSA) is 63.2 Å². The average molecular weight is 382 g/mol. The number of nitrogens with one attached hydrogen (secondary N) is 2. The van der Waals surface area contributed by atoms with Gasteiger partial charge in [0.25, 0.3) is 5.91 Å². The third-order valence-corrected chi connectivity index (χ3v) is 4.27. The Balaban J connectivity index is 1.54. The van der Waals surface area contributed by atoms with Crippen molar-refractivity contribution >= 4 is 28.9 Å². The van der Waals surface area contributed by atoms with Crippen molar-refractivity contribution in [2.24, 2.45) is 0 Å². The van der Waals surface area contributed by atoms with Gasteiger partial charge in [-0.2, -0.15) is 0 Å². The van der Waals surface area contributed by atoms with Crippen LogP contribution >= 0.6 is 11.6 Å². The van der Waals surface area contributed by atoms with Crippen LogP contribution in [0.15, 0.2) is 66.9 Å². The molecule has 0 saturated carbocycles. The molecule has 0 spiro atoms. The number of halogens is 1. The van der Waals surface area contributed by atoms with Gasteiger partial charge in [0.15, 0.2) is 0 Å². The first-order chi connectivity index (χ1) is 13.2. The zero-order chi connectivity index (χ0) is 19.1. The van der Waals surface area contributed by atoms with Crippen molar-refractivity contribution in [1.82, 2.24) is 10.3 Å². The number of rotatable bonds is 7. The maximum Gasteiger partial charge on any atom is 0.269 e. The number of aromatic nitrogens is 1. The van der Waals surface area contributed by atoms with Crippen molar-refractivity contribution in [2.45, 2.75) is 6.42 Å². The smallest absolute Gasteiger partial charge is 0.269 e. The van der Waals surface area contributed by atoms with Gasteiger partial charge in [-0.3, -0.25) is 4.79 Å². The Morgan fingerprint density at radius 1 is 1.07 bits per heavy atom. The number of methoxy groups -OCH3 is 1. The molecule has 0 saturated heterocycles. The monoisotopic (exact) mass is 381 g/mol. The zero-order valence-corrected chi connectivity index (χ0v) is 15.7. The van der Waals surface area contributed by atoms with Gasteiger partial charge in [0.1, 0.15) is 11.4 Å². The first-order valence-electron chi connectivity index (χ1n) is 8.54. The second kappa shape index (κ2) is 9.05. The Morgan fingerprint density at radius 3 is 2.52 bits per heavy atom. The van der Waals surface area contributed by atoms with Crippen molar-refractivity contribution in [3.05, 3.63) is 83.1 Å². The van der Waals surface area contributed by atoms with E-state index in [9.17, 15) is 4.79 Å².